The number of carbonyl (C=O) groups excluding carboxylic acids is 1. The van der Waals surface area contributed by atoms with Crippen molar-refractivity contribution >= 4 is 34.4 Å². The lowest BCUT2D eigenvalue weighted by Gasteiger charge is -2.28. The van der Waals surface area contributed by atoms with Crippen LogP contribution in [0.5, 0.6) is 0 Å². The van der Waals surface area contributed by atoms with Gasteiger partial charge in [0, 0.05) is 42.5 Å². The fraction of sp³-hybridized carbons (Fsp3) is 0.385. The molecule has 37 heavy (non-hydrogen) atoms. The molecule has 2 atom stereocenters. The van der Waals surface area contributed by atoms with E-state index in [1.54, 1.807) is 25.3 Å². The Bertz CT molecular complexity index is 1330. The number of anilines is 2. The average molecular weight is 512 g/mol. The molecule has 2 aromatic carbocycles. The first-order chi connectivity index (χ1) is 17.8. The number of carboxylic acid groups (broad SMARTS) is 1. The maximum absolute atomic E-state index is 13.8. The number of amides is 1. The molecule has 1 aromatic heterocycles. The van der Waals surface area contributed by atoms with Crippen LogP contribution in [-0.2, 0) is 9.53 Å². The highest BCUT2D eigenvalue weighted by atomic mass is 19.1. The number of nitrogens with zero attached hydrogens (tertiary/aromatic N) is 4. The molecule has 1 unspecified atom stereocenters. The third kappa shape index (κ3) is 5.17. The van der Waals surface area contributed by atoms with Gasteiger partial charge in [0.05, 0.1) is 36.5 Å². The smallest absolute Gasteiger partial charge is 0.326 e. The summed E-state index contributed by atoms with van der Waals surface area (Å²) in [6.45, 7) is 4.61. The van der Waals surface area contributed by atoms with E-state index in [2.05, 4.69) is 15.2 Å². The summed E-state index contributed by atoms with van der Waals surface area (Å²) in [5.41, 5.74) is 2.11. The van der Waals surface area contributed by atoms with Crippen LogP contribution in [0.1, 0.15) is 41.7 Å². The number of benzene rings is 2. The van der Waals surface area contributed by atoms with Crippen molar-refractivity contribution in [1.82, 2.24) is 14.9 Å². The largest absolute Gasteiger partial charge is 0.480 e. The normalized spacial score (nSPS) is 18.7. The first kappa shape index (κ1) is 24.8. The molecule has 2 saturated heterocycles. The number of halogens is 2. The van der Waals surface area contributed by atoms with E-state index in [1.807, 2.05) is 0 Å². The van der Waals surface area contributed by atoms with Crippen LogP contribution in [0.25, 0.3) is 11.0 Å². The van der Waals surface area contributed by atoms with Crippen LogP contribution in [0, 0.1) is 11.6 Å². The van der Waals surface area contributed by atoms with Gasteiger partial charge in [-0.25, -0.2) is 18.6 Å². The first-order valence-electron chi connectivity index (χ1n) is 12.2. The van der Waals surface area contributed by atoms with Gasteiger partial charge in [0.15, 0.2) is 0 Å². The number of rotatable bonds is 6. The van der Waals surface area contributed by atoms with E-state index in [9.17, 15) is 23.5 Å². The standard InChI is InChI=1S/C26H27F2N5O4/c1-15(30-19-12-17(27)11-18(28)13-19)20-9-16(25(34)33-4-2-3-22(33)26(35)36)10-21-24(20)31-23(14-29-21)32-5-7-37-8-6-32/h9-15,22,30H,2-8H2,1H3,(H,35,36)/t15?,22-/m0/s1. The predicted octanol–water partition coefficient (Wildman–Crippen LogP) is 3.61. The number of carbonyl (C=O) groups is 2. The summed E-state index contributed by atoms with van der Waals surface area (Å²) >= 11 is 0. The molecule has 194 valence electrons. The van der Waals surface area contributed by atoms with Crippen molar-refractivity contribution in [3.8, 4) is 0 Å². The Kier molecular flexibility index (Phi) is 6.88. The zero-order valence-electron chi connectivity index (χ0n) is 20.3. The third-order valence-electron chi connectivity index (χ3n) is 6.76. The van der Waals surface area contributed by atoms with Crippen molar-refractivity contribution in [1.29, 1.82) is 0 Å². The molecule has 3 heterocycles. The number of likely N-dealkylation sites (tertiary alicyclic amines) is 1. The fourth-order valence-electron chi connectivity index (χ4n) is 4.93. The van der Waals surface area contributed by atoms with E-state index in [1.165, 1.54) is 17.0 Å². The van der Waals surface area contributed by atoms with Gasteiger partial charge in [0.1, 0.15) is 23.5 Å². The Balaban J connectivity index is 1.57. The summed E-state index contributed by atoms with van der Waals surface area (Å²) in [4.78, 5) is 37.9. The Morgan fingerprint density at radius 3 is 2.54 bits per heavy atom. The van der Waals surface area contributed by atoms with Crippen molar-refractivity contribution in [2.24, 2.45) is 0 Å². The van der Waals surface area contributed by atoms with E-state index < -0.39 is 35.6 Å². The summed E-state index contributed by atoms with van der Waals surface area (Å²) in [6, 6.07) is 5.04. The minimum Gasteiger partial charge on any atom is -0.480 e. The Morgan fingerprint density at radius 2 is 1.84 bits per heavy atom. The highest BCUT2D eigenvalue weighted by molar-refractivity contribution is 6.00. The Morgan fingerprint density at radius 1 is 1.11 bits per heavy atom. The second-order valence-electron chi connectivity index (χ2n) is 9.28. The Hall–Kier alpha value is -3.86. The van der Waals surface area contributed by atoms with E-state index >= 15 is 0 Å². The van der Waals surface area contributed by atoms with Gasteiger partial charge in [-0.2, -0.15) is 0 Å². The fourth-order valence-corrected chi connectivity index (χ4v) is 4.93. The predicted molar refractivity (Wildman–Crippen MR) is 133 cm³/mol. The van der Waals surface area contributed by atoms with Crippen LogP contribution in [0.15, 0.2) is 36.5 Å². The lowest BCUT2D eigenvalue weighted by atomic mass is 10.0. The number of morpholine rings is 1. The lowest BCUT2D eigenvalue weighted by molar-refractivity contribution is -0.141. The average Bonchev–Trinajstić information content (AvgIpc) is 3.37. The highest BCUT2D eigenvalue weighted by Gasteiger charge is 2.35. The van der Waals surface area contributed by atoms with Gasteiger partial charge in [-0.05, 0) is 44.0 Å². The lowest BCUT2D eigenvalue weighted by Crippen LogP contribution is -2.40. The molecule has 0 bridgehead atoms. The molecule has 2 N–H and O–H groups in total. The minimum absolute atomic E-state index is 0.234. The van der Waals surface area contributed by atoms with Crippen LogP contribution >= 0.6 is 0 Å². The van der Waals surface area contributed by atoms with Crippen LogP contribution in [0.3, 0.4) is 0 Å². The van der Waals surface area contributed by atoms with Gasteiger partial charge in [-0.1, -0.05) is 0 Å². The van der Waals surface area contributed by atoms with Crippen LogP contribution < -0.4 is 10.2 Å². The summed E-state index contributed by atoms with van der Waals surface area (Å²) in [5, 5.41) is 12.6. The minimum atomic E-state index is -1.04. The third-order valence-corrected chi connectivity index (χ3v) is 6.76. The molecule has 9 nitrogen and oxygen atoms in total. The number of carboxylic acids is 1. The van der Waals surface area contributed by atoms with Crippen LogP contribution in [0.4, 0.5) is 20.3 Å². The number of hydrogen-bond donors (Lipinski definition) is 2. The van der Waals surface area contributed by atoms with Crippen LogP contribution in [-0.4, -0.2) is 70.7 Å². The van der Waals surface area contributed by atoms with Gasteiger partial charge in [0.25, 0.3) is 5.91 Å². The van der Waals surface area contributed by atoms with Gasteiger partial charge >= 0.3 is 5.97 Å². The van der Waals surface area contributed by atoms with Crippen molar-refractivity contribution < 1.29 is 28.2 Å². The molecule has 0 radical (unpaired) electrons. The van der Waals surface area contributed by atoms with E-state index in [4.69, 9.17) is 9.72 Å². The van der Waals surface area contributed by atoms with Crippen molar-refractivity contribution in [2.75, 3.05) is 43.1 Å². The van der Waals surface area contributed by atoms with Gasteiger partial charge in [0.2, 0.25) is 0 Å². The van der Waals surface area contributed by atoms with E-state index in [0.717, 1.165) is 6.07 Å². The maximum Gasteiger partial charge on any atom is 0.326 e. The summed E-state index contributed by atoms with van der Waals surface area (Å²) < 4.78 is 33.1. The molecule has 2 fully saturated rings. The molecule has 2 aliphatic heterocycles. The number of hydrogen-bond acceptors (Lipinski definition) is 7. The molecule has 3 aromatic rings. The summed E-state index contributed by atoms with van der Waals surface area (Å²) in [7, 11) is 0. The van der Waals surface area contributed by atoms with E-state index in [-0.39, 0.29) is 11.3 Å². The van der Waals surface area contributed by atoms with Gasteiger partial charge in [-0.15, -0.1) is 0 Å². The SMILES string of the molecule is CC(Nc1cc(F)cc(F)c1)c1cc(C(=O)N2CCC[C@H]2C(=O)O)cc2ncc(N3CCOCC3)nc12. The highest BCUT2D eigenvalue weighted by Crippen LogP contribution is 2.30. The molecule has 11 heteroatoms. The van der Waals surface area contributed by atoms with Crippen LogP contribution in [0.2, 0.25) is 0 Å². The number of aliphatic carboxylic acids is 1. The maximum atomic E-state index is 13.8. The number of nitrogens with one attached hydrogen (secondary N) is 1. The van der Waals surface area contributed by atoms with Gasteiger partial charge < -0.3 is 25.0 Å². The second kappa shape index (κ2) is 10.3. The van der Waals surface area contributed by atoms with Crippen molar-refractivity contribution in [3.63, 3.8) is 0 Å². The topological polar surface area (TPSA) is 108 Å². The first-order valence-corrected chi connectivity index (χ1v) is 12.2. The summed E-state index contributed by atoms with van der Waals surface area (Å²) in [6.07, 6.45) is 2.64. The monoisotopic (exact) mass is 511 g/mol. The number of ether oxygens (including phenoxy) is 1. The quantitative estimate of drug-likeness (QED) is 0.517. The van der Waals surface area contributed by atoms with Crippen molar-refractivity contribution in [2.45, 2.75) is 31.8 Å². The van der Waals surface area contributed by atoms with Gasteiger partial charge in [-0.3, -0.25) is 9.78 Å². The summed E-state index contributed by atoms with van der Waals surface area (Å²) in [5.74, 6) is -2.22. The molecule has 0 spiro atoms. The zero-order valence-corrected chi connectivity index (χ0v) is 20.3. The number of aromatic nitrogens is 2. The number of fused-ring (bicyclic) bond motifs is 1. The molecule has 5 rings (SSSR count). The van der Waals surface area contributed by atoms with Crippen molar-refractivity contribution in [3.05, 3.63) is 59.3 Å². The molecule has 0 aliphatic carbocycles. The molecule has 1 amide bonds. The second-order valence-corrected chi connectivity index (χ2v) is 9.28. The molecular formula is C26H27F2N5O4. The van der Waals surface area contributed by atoms with E-state index in [0.29, 0.717) is 68.1 Å². The molecule has 0 saturated carbocycles. The molecular weight excluding hydrogens is 484 g/mol. The Labute approximate surface area is 212 Å². The zero-order chi connectivity index (χ0) is 26.1. The molecule has 2 aliphatic rings.